The summed E-state index contributed by atoms with van der Waals surface area (Å²) < 4.78 is 0. The number of aromatic nitrogens is 2. The van der Waals surface area contributed by atoms with Crippen LogP contribution < -0.4 is 5.32 Å². The fourth-order valence-corrected chi connectivity index (χ4v) is 2.56. The molecule has 1 aromatic heterocycles. The van der Waals surface area contributed by atoms with Crippen LogP contribution in [0.3, 0.4) is 0 Å². The molecule has 1 N–H and O–H groups in total. The van der Waals surface area contributed by atoms with Crippen LogP contribution in [0.5, 0.6) is 0 Å². The summed E-state index contributed by atoms with van der Waals surface area (Å²) >= 11 is 6.03. The van der Waals surface area contributed by atoms with Gasteiger partial charge in [0.05, 0.1) is 17.3 Å². The molecule has 1 heterocycles. The van der Waals surface area contributed by atoms with E-state index in [9.17, 15) is 4.79 Å². The van der Waals surface area contributed by atoms with Gasteiger partial charge in [0, 0.05) is 0 Å². The second-order valence-corrected chi connectivity index (χ2v) is 5.72. The number of rotatable bonds is 4. The summed E-state index contributed by atoms with van der Waals surface area (Å²) in [5.41, 5.74) is 1.36. The van der Waals surface area contributed by atoms with E-state index in [1.807, 2.05) is 30.3 Å². The number of hydrogen-bond donors (Lipinski definition) is 1. The first-order valence-corrected chi connectivity index (χ1v) is 7.38. The molecular weight excluding hydrogens is 286 g/mol. The molecule has 1 atom stereocenters. The van der Waals surface area contributed by atoms with Gasteiger partial charge in [-0.3, -0.25) is 4.79 Å². The average Bonchev–Trinajstić information content (AvgIpc) is 3.32. The number of carbonyl (C=O) groups excluding carboxylic acids is 1. The van der Waals surface area contributed by atoms with Crippen LogP contribution in [0, 0.1) is 12.8 Å². The van der Waals surface area contributed by atoms with Gasteiger partial charge in [-0.05, 0) is 31.2 Å². The summed E-state index contributed by atoms with van der Waals surface area (Å²) in [6.45, 7) is 1.74. The summed E-state index contributed by atoms with van der Waals surface area (Å²) in [6.07, 6.45) is 3.74. The lowest BCUT2D eigenvalue weighted by molar-refractivity contribution is 0.0926. The van der Waals surface area contributed by atoms with Gasteiger partial charge < -0.3 is 5.32 Å². The highest BCUT2D eigenvalue weighted by Crippen LogP contribution is 2.41. The quantitative estimate of drug-likeness (QED) is 0.942. The molecular formula is C16H16ClN3O. The third-order valence-corrected chi connectivity index (χ3v) is 3.89. The van der Waals surface area contributed by atoms with E-state index in [0.717, 1.165) is 18.4 Å². The Bertz CT molecular complexity index is 656. The molecule has 1 aliphatic rings. The van der Waals surface area contributed by atoms with E-state index in [4.69, 9.17) is 11.6 Å². The number of carbonyl (C=O) groups is 1. The lowest BCUT2D eigenvalue weighted by atomic mass is 10.0. The molecule has 3 rings (SSSR count). The third kappa shape index (κ3) is 3.22. The topological polar surface area (TPSA) is 54.9 Å². The van der Waals surface area contributed by atoms with E-state index >= 15 is 0 Å². The third-order valence-electron chi connectivity index (χ3n) is 3.62. The minimum atomic E-state index is -0.244. The summed E-state index contributed by atoms with van der Waals surface area (Å²) in [5, 5.41) is 3.34. The van der Waals surface area contributed by atoms with Crippen LogP contribution in [0.15, 0.2) is 36.5 Å². The number of nitrogens with zero attached hydrogens (tertiary/aromatic N) is 2. The van der Waals surface area contributed by atoms with Gasteiger partial charge in [0.2, 0.25) is 0 Å². The summed E-state index contributed by atoms with van der Waals surface area (Å²) in [7, 11) is 0. The molecule has 1 aliphatic carbocycles. The van der Waals surface area contributed by atoms with E-state index < -0.39 is 0 Å². The molecule has 1 amide bonds. The molecule has 0 bridgehead atoms. The predicted molar refractivity (Wildman–Crippen MR) is 81.2 cm³/mol. The first kappa shape index (κ1) is 14.0. The molecule has 5 heteroatoms. The minimum Gasteiger partial charge on any atom is -0.344 e. The molecule has 1 aromatic carbocycles. The lowest BCUT2D eigenvalue weighted by Crippen LogP contribution is -2.31. The molecule has 0 radical (unpaired) electrons. The van der Waals surface area contributed by atoms with Gasteiger partial charge in [-0.1, -0.05) is 41.9 Å². The van der Waals surface area contributed by atoms with Gasteiger partial charge in [-0.2, -0.15) is 0 Å². The number of benzene rings is 1. The summed E-state index contributed by atoms with van der Waals surface area (Å²) in [5.74, 6) is 0.788. The largest absolute Gasteiger partial charge is 0.344 e. The van der Waals surface area contributed by atoms with Crippen LogP contribution in [-0.4, -0.2) is 15.9 Å². The van der Waals surface area contributed by atoms with Crippen molar-refractivity contribution in [1.29, 1.82) is 0 Å². The Morgan fingerprint density at radius 2 is 2.05 bits per heavy atom. The Labute approximate surface area is 128 Å². The van der Waals surface area contributed by atoms with Crippen LogP contribution in [0.25, 0.3) is 0 Å². The Hall–Kier alpha value is -1.94. The molecule has 1 saturated carbocycles. The first-order valence-electron chi connectivity index (χ1n) is 7.00. The summed E-state index contributed by atoms with van der Waals surface area (Å²) in [4.78, 5) is 20.6. The van der Waals surface area contributed by atoms with Crippen LogP contribution in [0.2, 0.25) is 5.02 Å². The molecule has 0 saturated heterocycles. The molecule has 2 aromatic rings. The van der Waals surface area contributed by atoms with Gasteiger partial charge in [0.25, 0.3) is 5.91 Å². The summed E-state index contributed by atoms with van der Waals surface area (Å²) in [6, 6.07) is 10.0. The number of amides is 1. The Morgan fingerprint density at radius 1 is 1.33 bits per heavy atom. The maximum Gasteiger partial charge on any atom is 0.272 e. The van der Waals surface area contributed by atoms with Crippen LogP contribution in [0.4, 0.5) is 0 Å². The molecule has 0 spiro atoms. The van der Waals surface area contributed by atoms with E-state index in [0.29, 0.717) is 11.7 Å². The number of hydrogen-bond acceptors (Lipinski definition) is 3. The van der Waals surface area contributed by atoms with E-state index in [-0.39, 0.29) is 22.7 Å². The zero-order valence-electron chi connectivity index (χ0n) is 11.7. The Kier molecular flexibility index (Phi) is 3.88. The number of nitrogens with one attached hydrogen (secondary N) is 1. The van der Waals surface area contributed by atoms with Crippen molar-refractivity contribution in [2.45, 2.75) is 25.8 Å². The number of aryl methyl sites for hydroxylation is 1. The van der Waals surface area contributed by atoms with Crippen molar-refractivity contribution in [3.8, 4) is 0 Å². The second kappa shape index (κ2) is 5.82. The molecule has 1 fully saturated rings. The van der Waals surface area contributed by atoms with Crippen LogP contribution in [-0.2, 0) is 0 Å². The highest BCUT2D eigenvalue weighted by atomic mass is 35.5. The predicted octanol–water partition coefficient (Wildman–Crippen LogP) is 3.32. The maximum atomic E-state index is 12.4. The van der Waals surface area contributed by atoms with Crippen molar-refractivity contribution in [3.63, 3.8) is 0 Å². The fraction of sp³-hybridized carbons (Fsp3) is 0.312. The van der Waals surface area contributed by atoms with Crippen molar-refractivity contribution in [2.24, 2.45) is 5.92 Å². The van der Waals surface area contributed by atoms with Crippen LogP contribution >= 0.6 is 11.6 Å². The van der Waals surface area contributed by atoms with Crippen molar-refractivity contribution in [3.05, 3.63) is 58.6 Å². The van der Waals surface area contributed by atoms with Crippen molar-refractivity contribution in [2.75, 3.05) is 0 Å². The molecule has 21 heavy (non-hydrogen) atoms. The van der Waals surface area contributed by atoms with E-state index in [2.05, 4.69) is 15.3 Å². The second-order valence-electron chi connectivity index (χ2n) is 5.31. The van der Waals surface area contributed by atoms with Gasteiger partial charge in [-0.25, -0.2) is 9.97 Å². The molecule has 108 valence electrons. The van der Waals surface area contributed by atoms with Gasteiger partial charge in [0.1, 0.15) is 11.5 Å². The van der Waals surface area contributed by atoms with Gasteiger partial charge in [-0.15, -0.1) is 0 Å². The zero-order chi connectivity index (χ0) is 14.8. The number of halogens is 1. The molecule has 0 aliphatic heterocycles. The zero-order valence-corrected chi connectivity index (χ0v) is 12.5. The van der Waals surface area contributed by atoms with E-state index in [1.165, 1.54) is 6.20 Å². The Balaban J connectivity index is 1.83. The highest BCUT2D eigenvalue weighted by molar-refractivity contribution is 6.33. The SMILES string of the molecule is Cc1ncc(Cl)c(C(=O)NC(c2ccccc2)C2CC2)n1. The van der Waals surface area contributed by atoms with E-state index in [1.54, 1.807) is 6.92 Å². The van der Waals surface area contributed by atoms with Crippen molar-refractivity contribution < 1.29 is 4.79 Å². The first-order chi connectivity index (χ1) is 10.1. The lowest BCUT2D eigenvalue weighted by Gasteiger charge is -2.19. The Morgan fingerprint density at radius 3 is 2.71 bits per heavy atom. The van der Waals surface area contributed by atoms with Gasteiger partial charge >= 0.3 is 0 Å². The van der Waals surface area contributed by atoms with Crippen molar-refractivity contribution >= 4 is 17.5 Å². The minimum absolute atomic E-state index is 0.0186. The van der Waals surface area contributed by atoms with Gasteiger partial charge in [0.15, 0.2) is 0 Å². The highest BCUT2D eigenvalue weighted by Gasteiger charge is 2.34. The standard InChI is InChI=1S/C16H16ClN3O/c1-10-18-9-13(17)15(19-10)16(21)20-14(12-7-8-12)11-5-3-2-4-6-11/h2-6,9,12,14H,7-8H2,1H3,(H,20,21). The normalized spacial score (nSPS) is 15.5. The average molecular weight is 302 g/mol. The smallest absolute Gasteiger partial charge is 0.272 e. The maximum absolute atomic E-state index is 12.4. The molecule has 1 unspecified atom stereocenters. The monoisotopic (exact) mass is 301 g/mol. The van der Waals surface area contributed by atoms with Crippen LogP contribution in [0.1, 0.15) is 40.8 Å². The van der Waals surface area contributed by atoms with Crippen molar-refractivity contribution in [1.82, 2.24) is 15.3 Å². The molecule has 4 nitrogen and oxygen atoms in total. The fourth-order valence-electron chi connectivity index (χ4n) is 2.39.